The summed E-state index contributed by atoms with van der Waals surface area (Å²) in [4.78, 5) is 0. The quantitative estimate of drug-likeness (QED) is 0.928. The van der Waals surface area contributed by atoms with Gasteiger partial charge in [-0.25, -0.2) is 0 Å². The van der Waals surface area contributed by atoms with Crippen molar-refractivity contribution in [1.82, 2.24) is 9.78 Å². The molecule has 2 heterocycles. The molecule has 1 atom stereocenters. The highest BCUT2D eigenvalue weighted by molar-refractivity contribution is 5.39. The number of aromatic nitrogens is 2. The van der Waals surface area contributed by atoms with Crippen LogP contribution in [0.5, 0.6) is 5.75 Å². The van der Waals surface area contributed by atoms with E-state index in [0.717, 1.165) is 42.9 Å². The van der Waals surface area contributed by atoms with Gasteiger partial charge in [-0.05, 0) is 37.0 Å². The van der Waals surface area contributed by atoms with Gasteiger partial charge in [0.25, 0.3) is 0 Å². The van der Waals surface area contributed by atoms with Crippen LogP contribution < -0.4 is 10.5 Å². The molecule has 2 N–H and O–H groups in total. The van der Waals surface area contributed by atoms with Gasteiger partial charge in [-0.1, -0.05) is 12.1 Å². The third-order valence-corrected chi connectivity index (χ3v) is 3.95. The van der Waals surface area contributed by atoms with Crippen LogP contribution >= 0.6 is 0 Å². The molecular weight excluding hydrogens is 250 g/mol. The Kier molecular flexibility index (Phi) is 3.49. The number of nitrogens with zero attached hydrogens (tertiary/aromatic N) is 2. The molecule has 0 fully saturated rings. The number of benzene rings is 1. The topological polar surface area (TPSA) is 53.1 Å². The van der Waals surface area contributed by atoms with Crippen molar-refractivity contribution in [2.45, 2.75) is 32.2 Å². The molecule has 106 valence electrons. The van der Waals surface area contributed by atoms with Crippen LogP contribution in [0.4, 0.5) is 0 Å². The molecule has 0 radical (unpaired) electrons. The Balaban J connectivity index is 1.66. The fraction of sp³-hybridized carbons (Fsp3) is 0.438. The average molecular weight is 271 g/mol. The fourth-order valence-electron chi connectivity index (χ4n) is 2.86. The van der Waals surface area contributed by atoms with Gasteiger partial charge < -0.3 is 10.5 Å². The Hall–Kier alpha value is -1.81. The van der Waals surface area contributed by atoms with E-state index in [1.807, 2.05) is 24.9 Å². The summed E-state index contributed by atoms with van der Waals surface area (Å²) < 4.78 is 7.36. The lowest BCUT2D eigenvalue weighted by Crippen LogP contribution is -2.11. The van der Waals surface area contributed by atoms with Crippen molar-refractivity contribution >= 4 is 0 Å². The predicted molar refractivity (Wildman–Crippen MR) is 78.8 cm³/mol. The standard InChI is InChI=1S/C16H21N3O/c1-11-14(10-19(2)18-11)15(17)5-3-12-4-6-16-13(9-12)7-8-20-16/h4,6,9-10,15H,3,5,7-8,17H2,1-2H3. The Morgan fingerprint density at radius 3 is 3.05 bits per heavy atom. The van der Waals surface area contributed by atoms with E-state index < -0.39 is 0 Å². The predicted octanol–water partition coefficient (Wildman–Crippen LogP) is 2.30. The van der Waals surface area contributed by atoms with Crippen LogP contribution in [0.15, 0.2) is 24.4 Å². The van der Waals surface area contributed by atoms with Gasteiger partial charge in [-0.2, -0.15) is 5.10 Å². The van der Waals surface area contributed by atoms with Crippen molar-refractivity contribution in [2.75, 3.05) is 6.61 Å². The second-order valence-electron chi connectivity index (χ2n) is 5.53. The molecule has 0 spiro atoms. The second-order valence-corrected chi connectivity index (χ2v) is 5.53. The maximum Gasteiger partial charge on any atom is 0.122 e. The summed E-state index contributed by atoms with van der Waals surface area (Å²) in [6, 6.07) is 6.53. The van der Waals surface area contributed by atoms with Crippen LogP contribution in [0.2, 0.25) is 0 Å². The van der Waals surface area contributed by atoms with Crippen molar-refractivity contribution in [2.24, 2.45) is 12.8 Å². The van der Waals surface area contributed by atoms with Gasteiger partial charge in [-0.15, -0.1) is 0 Å². The lowest BCUT2D eigenvalue weighted by atomic mass is 9.99. The zero-order valence-corrected chi connectivity index (χ0v) is 12.1. The molecule has 1 aliphatic rings. The maximum absolute atomic E-state index is 6.29. The van der Waals surface area contributed by atoms with Crippen molar-refractivity contribution < 1.29 is 4.74 Å². The summed E-state index contributed by atoms with van der Waals surface area (Å²) in [5, 5.41) is 4.35. The van der Waals surface area contributed by atoms with Crippen molar-refractivity contribution in [3.63, 3.8) is 0 Å². The molecule has 1 unspecified atom stereocenters. The molecule has 0 aliphatic carbocycles. The second kappa shape index (κ2) is 5.29. The lowest BCUT2D eigenvalue weighted by molar-refractivity contribution is 0.357. The summed E-state index contributed by atoms with van der Waals surface area (Å²) in [6.45, 7) is 2.83. The van der Waals surface area contributed by atoms with Gasteiger partial charge >= 0.3 is 0 Å². The minimum Gasteiger partial charge on any atom is -0.493 e. The number of rotatable bonds is 4. The highest BCUT2D eigenvalue weighted by Crippen LogP contribution is 2.27. The largest absolute Gasteiger partial charge is 0.493 e. The van der Waals surface area contributed by atoms with Crippen LogP contribution in [0.25, 0.3) is 0 Å². The molecule has 0 saturated heterocycles. The van der Waals surface area contributed by atoms with Gasteiger partial charge in [0.15, 0.2) is 0 Å². The third-order valence-electron chi connectivity index (χ3n) is 3.95. The number of nitrogens with two attached hydrogens (primary N) is 1. The van der Waals surface area contributed by atoms with Crippen LogP contribution in [-0.4, -0.2) is 16.4 Å². The van der Waals surface area contributed by atoms with Crippen LogP contribution in [0.3, 0.4) is 0 Å². The summed E-state index contributed by atoms with van der Waals surface area (Å²) in [5.41, 5.74) is 11.1. The highest BCUT2D eigenvalue weighted by atomic mass is 16.5. The Morgan fingerprint density at radius 1 is 1.45 bits per heavy atom. The maximum atomic E-state index is 6.29. The summed E-state index contributed by atoms with van der Waals surface area (Å²) in [5.74, 6) is 1.04. The summed E-state index contributed by atoms with van der Waals surface area (Å²) in [6.07, 6.45) is 4.97. The molecule has 3 rings (SSSR count). The zero-order valence-electron chi connectivity index (χ0n) is 12.1. The minimum absolute atomic E-state index is 0.0493. The number of hydrogen-bond donors (Lipinski definition) is 1. The highest BCUT2D eigenvalue weighted by Gasteiger charge is 2.14. The van der Waals surface area contributed by atoms with E-state index in [4.69, 9.17) is 10.5 Å². The van der Waals surface area contributed by atoms with Gasteiger partial charge in [0.1, 0.15) is 5.75 Å². The van der Waals surface area contributed by atoms with Gasteiger partial charge in [-0.3, -0.25) is 4.68 Å². The first kappa shape index (κ1) is 13.2. The SMILES string of the molecule is Cc1nn(C)cc1C(N)CCc1ccc2c(c1)CCO2. The molecule has 1 aliphatic heterocycles. The van der Waals surface area contributed by atoms with E-state index in [1.165, 1.54) is 11.1 Å². The Morgan fingerprint density at radius 2 is 2.30 bits per heavy atom. The van der Waals surface area contributed by atoms with Crippen molar-refractivity contribution in [3.05, 3.63) is 46.8 Å². The van der Waals surface area contributed by atoms with E-state index in [0.29, 0.717) is 0 Å². The minimum atomic E-state index is 0.0493. The molecule has 0 amide bonds. The van der Waals surface area contributed by atoms with Crippen LogP contribution in [-0.2, 0) is 19.9 Å². The molecule has 20 heavy (non-hydrogen) atoms. The fourth-order valence-corrected chi connectivity index (χ4v) is 2.86. The first-order valence-corrected chi connectivity index (χ1v) is 7.14. The molecular formula is C16H21N3O. The number of ether oxygens (including phenoxy) is 1. The molecule has 1 aromatic heterocycles. The molecule has 4 nitrogen and oxygen atoms in total. The number of fused-ring (bicyclic) bond motifs is 1. The monoisotopic (exact) mass is 271 g/mol. The van der Waals surface area contributed by atoms with Gasteiger partial charge in [0, 0.05) is 31.3 Å². The first-order valence-electron chi connectivity index (χ1n) is 7.14. The smallest absolute Gasteiger partial charge is 0.122 e. The summed E-state index contributed by atoms with van der Waals surface area (Å²) >= 11 is 0. The van der Waals surface area contributed by atoms with Gasteiger partial charge in [0.05, 0.1) is 12.3 Å². The Bertz CT molecular complexity index is 618. The van der Waals surface area contributed by atoms with E-state index in [2.05, 4.69) is 23.3 Å². The zero-order chi connectivity index (χ0) is 14.1. The van der Waals surface area contributed by atoms with Crippen LogP contribution in [0, 0.1) is 6.92 Å². The third kappa shape index (κ3) is 2.56. The van der Waals surface area contributed by atoms with Crippen molar-refractivity contribution in [1.29, 1.82) is 0 Å². The molecule has 1 aromatic carbocycles. The number of aryl methyl sites for hydroxylation is 3. The molecule has 2 aromatic rings. The normalized spacial score (nSPS) is 14.9. The van der Waals surface area contributed by atoms with E-state index in [1.54, 1.807) is 0 Å². The molecule has 4 heteroatoms. The van der Waals surface area contributed by atoms with E-state index in [-0.39, 0.29) is 6.04 Å². The lowest BCUT2D eigenvalue weighted by Gasteiger charge is -2.11. The first-order chi connectivity index (χ1) is 9.63. The van der Waals surface area contributed by atoms with Crippen LogP contribution in [0.1, 0.15) is 34.8 Å². The average Bonchev–Trinajstić information content (AvgIpc) is 3.01. The molecule has 0 bridgehead atoms. The Labute approximate surface area is 119 Å². The van der Waals surface area contributed by atoms with Gasteiger partial charge in [0.2, 0.25) is 0 Å². The number of hydrogen-bond acceptors (Lipinski definition) is 3. The molecule has 0 saturated carbocycles. The van der Waals surface area contributed by atoms with E-state index in [9.17, 15) is 0 Å². The summed E-state index contributed by atoms with van der Waals surface area (Å²) in [7, 11) is 1.93. The van der Waals surface area contributed by atoms with Crippen molar-refractivity contribution in [3.8, 4) is 5.75 Å². The van der Waals surface area contributed by atoms with E-state index >= 15 is 0 Å².